The fourth-order valence-corrected chi connectivity index (χ4v) is 0. The lowest BCUT2D eigenvalue weighted by Crippen LogP contribution is -1.20. The summed E-state index contributed by atoms with van der Waals surface area (Å²) in [7, 11) is 0. The minimum absolute atomic E-state index is 1.00. The Kier molecular flexibility index (Phi) is 3.36. The van der Waals surface area contributed by atoms with Crippen molar-refractivity contribution in [2.75, 3.05) is 13.2 Å². The second-order valence-corrected chi connectivity index (χ2v) is 0.612. The summed E-state index contributed by atoms with van der Waals surface area (Å²) in [6.07, 6.45) is 0. The number of ether oxygens (including phenoxy) is 1. The second-order valence-electron chi connectivity index (χ2n) is 0.612. The largest absolute Gasteiger partial charge is 0.377 e. The van der Waals surface area contributed by atoms with Crippen molar-refractivity contribution in [1.29, 1.82) is 0 Å². The highest BCUT2D eigenvalue weighted by molar-refractivity contribution is 5.10. The van der Waals surface area contributed by atoms with Gasteiger partial charge < -0.3 is 9.53 Å². The van der Waals surface area contributed by atoms with Crippen molar-refractivity contribution in [1.82, 2.24) is 0 Å². The summed E-state index contributed by atoms with van der Waals surface area (Å²) in [5, 5.41) is 0. The number of epoxide rings is 1. The van der Waals surface area contributed by atoms with E-state index in [0.29, 0.717) is 0 Å². The monoisotopic (exact) mass is 74.0 g/mol. The van der Waals surface area contributed by atoms with E-state index in [1.807, 2.05) is 6.79 Å². The maximum atomic E-state index is 8.00. The molecular weight excluding hydrogens is 68.0 g/mol. The third-order valence-electron chi connectivity index (χ3n) is 0.204. The molecule has 1 aliphatic heterocycles. The van der Waals surface area contributed by atoms with Crippen LogP contribution in [0.4, 0.5) is 0 Å². The van der Waals surface area contributed by atoms with Crippen LogP contribution in [0.15, 0.2) is 0 Å². The van der Waals surface area contributed by atoms with Crippen LogP contribution < -0.4 is 0 Å². The molecule has 1 fully saturated rings. The molecule has 1 aliphatic rings. The molecular formula is C3H6O2. The summed E-state index contributed by atoms with van der Waals surface area (Å²) in [5.41, 5.74) is 0. The minimum atomic E-state index is 1.00. The Hall–Kier alpha value is -0.370. The van der Waals surface area contributed by atoms with E-state index in [1.165, 1.54) is 0 Å². The fraction of sp³-hybridized carbons (Fsp3) is 0.667. The topological polar surface area (TPSA) is 29.6 Å². The van der Waals surface area contributed by atoms with Gasteiger partial charge in [-0.2, -0.15) is 0 Å². The standard InChI is InChI=1S/C2H4O.CH2O/c1-2-3-1;1-2/h1-2H2;1H2. The van der Waals surface area contributed by atoms with Crippen molar-refractivity contribution in [3.05, 3.63) is 0 Å². The lowest BCUT2D eigenvalue weighted by molar-refractivity contribution is -0.0979. The van der Waals surface area contributed by atoms with Crippen LogP contribution in [0.1, 0.15) is 0 Å². The summed E-state index contributed by atoms with van der Waals surface area (Å²) in [4.78, 5) is 8.00. The molecule has 2 heteroatoms. The highest BCUT2D eigenvalue weighted by Crippen LogP contribution is 1.84. The van der Waals surface area contributed by atoms with E-state index >= 15 is 0 Å². The Morgan fingerprint density at radius 3 is 1.60 bits per heavy atom. The molecule has 0 N–H and O–H groups in total. The maximum Gasteiger partial charge on any atom is 0.106 e. The SMILES string of the molecule is C1CO1.C=O. The van der Waals surface area contributed by atoms with Crippen molar-refractivity contribution in [3.63, 3.8) is 0 Å². The highest BCUT2D eigenvalue weighted by atomic mass is 16.6. The van der Waals surface area contributed by atoms with Crippen LogP contribution >= 0.6 is 0 Å². The van der Waals surface area contributed by atoms with Gasteiger partial charge in [0.2, 0.25) is 0 Å². The lowest BCUT2D eigenvalue weighted by atomic mass is 11.0. The summed E-state index contributed by atoms with van der Waals surface area (Å²) in [6.45, 7) is 4.00. The van der Waals surface area contributed by atoms with E-state index in [1.54, 1.807) is 0 Å². The predicted molar refractivity (Wildman–Crippen MR) is 17.9 cm³/mol. The first-order valence-corrected chi connectivity index (χ1v) is 1.37. The van der Waals surface area contributed by atoms with Gasteiger partial charge in [0.1, 0.15) is 6.79 Å². The zero-order chi connectivity index (χ0) is 4.12. The van der Waals surface area contributed by atoms with E-state index in [4.69, 9.17) is 4.79 Å². The number of hydrogen-bond acceptors (Lipinski definition) is 2. The van der Waals surface area contributed by atoms with Gasteiger partial charge in [-0.1, -0.05) is 0 Å². The Balaban J connectivity index is 0.0000000733. The molecule has 0 unspecified atom stereocenters. The molecule has 0 aromatic rings. The van der Waals surface area contributed by atoms with Crippen molar-refractivity contribution in [3.8, 4) is 0 Å². The van der Waals surface area contributed by atoms with E-state index in [2.05, 4.69) is 4.74 Å². The number of carbonyl (C=O) groups excluding carboxylic acids is 1. The molecule has 0 aliphatic carbocycles. The van der Waals surface area contributed by atoms with Crippen LogP contribution in [0, 0.1) is 0 Å². The predicted octanol–water partition coefficient (Wildman–Crippen LogP) is -0.168. The summed E-state index contributed by atoms with van der Waals surface area (Å²) in [5.74, 6) is 0. The summed E-state index contributed by atoms with van der Waals surface area (Å²) in [6, 6.07) is 0. The first-order valence-electron chi connectivity index (χ1n) is 1.37. The average Bonchev–Trinajstić information content (AvgIpc) is 2.19. The van der Waals surface area contributed by atoms with Crippen LogP contribution in [0.2, 0.25) is 0 Å². The average molecular weight is 74.1 g/mol. The fourth-order valence-electron chi connectivity index (χ4n) is 0. The van der Waals surface area contributed by atoms with Gasteiger partial charge in [0.25, 0.3) is 0 Å². The Morgan fingerprint density at radius 1 is 1.40 bits per heavy atom. The molecule has 0 amide bonds. The second kappa shape index (κ2) is 3.63. The van der Waals surface area contributed by atoms with Gasteiger partial charge in [0.15, 0.2) is 0 Å². The summed E-state index contributed by atoms with van der Waals surface area (Å²) >= 11 is 0. The van der Waals surface area contributed by atoms with Gasteiger partial charge in [0.05, 0.1) is 13.2 Å². The quantitative estimate of drug-likeness (QED) is 0.373. The summed E-state index contributed by atoms with van der Waals surface area (Å²) < 4.78 is 4.50. The Labute approximate surface area is 30.7 Å². The number of hydrogen-bond donors (Lipinski definition) is 0. The molecule has 1 saturated heterocycles. The normalized spacial score (nSPS) is 15.2. The molecule has 0 bridgehead atoms. The van der Waals surface area contributed by atoms with Gasteiger partial charge in [-0.15, -0.1) is 0 Å². The van der Waals surface area contributed by atoms with Gasteiger partial charge in [-0.3, -0.25) is 0 Å². The zero-order valence-electron chi connectivity index (χ0n) is 2.94. The molecule has 5 heavy (non-hydrogen) atoms. The molecule has 0 aromatic carbocycles. The third kappa shape index (κ3) is 24.3. The minimum Gasteiger partial charge on any atom is -0.377 e. The molecule has 30 valence electrons. The van der Waals surface area contributed by atoms with E-state index < -0.39 is 0 Å². The van der Waals surface area contributed by atoms with Crippen molar-refractivity contribution >= 4 is 6.79 Å². The third-order valence-corrected chi connectivity index (χ3v) is 0.204. The van der Waals surface area contributed by atoms with Gasteiger partial charge >= 0.3 is 0 Å². The van der Waals surface area contributed by atoms with Crippen LogP contribution in [0.25, 0.3) is 0 Å². The van der Waals surface area contributed by atoms with Crippen molar-refractivity contribution in [2.24, 2.45) is 0 Å². The Morgan fingerprint density at radius 2 is 1.60 bits per heavy atom. The molecule has 1 rings (SSSR count). The molecule has 0 radical (unpaired) electrons. The van der Waals surface area contributed by atoms with Crippen molar-refractivity contribution < 1.29 is 9.53 Å². The zero-order valence-corrected chi connectivity index (χ0v) is 2.94. The van der Waals surface area contributed by atoms with Crippen LogP contribution in [-0.4, -0.2) is 20.0 Å². The molecule has 0 saturated carbocycles. The van der Waals surface area contributed by atoms with Crippen molar-refractivity contribution in [2.45, 2.75) is 0 Å². The van der Waals surface area contributed by atoms with Crippen LogP contribution in [0.5, 0.6) is 0 Å². The molecule has 0 aromatic heterocycles. The van der Waals surface area contributed by atoms with Gasteiger partial charge in [0, 0.05) is 0 Å². The van der Waals surface area contributed by atoms with Crippen LogP contribution in [0.3, 0.4) is 0 Å². The first-order chi connectivity index (χ1) is 2.50. The number of carbonyl (C=O) groups is 1. The van der Waals surface area contributed by atoms with E-state index in [9.17, 15) is 0 Å². The van der Waals surface area contributed by atoms with Crippen LogP contribution in [-0.2, 0) is 9.53 Å². The molecule has 0 atom stereocenters. The van der Waals surface area contributed by atoms with E-state index in [-0.39, 0.29) is 0 Å². The van der Waals surface area contributed by atoms with Gasteiger partial charge in [-0.25, -0.2) is 0 Å². The molecule has 2 nitrogen and oxygen atoms in total. The lowest BCUT2D eigenvalue weighted by Gasteiger charge is -1.24. The highest BCUT2D eigenvalue weighted by Gasteiger charge is 1.94. The number of rotatable bonds is 0. The van der Waals surface area contributed by atoms with Gasteiger partial charge in [-0.05, 0) is 0 Å². The Bertz CT molecular complexity index is 16.1. The maximum absolute atomic E-state index is 8.00. The molecule has 0 spiro atoms. The first kappa shape index (κ1) is 4.63. The van der Waals surface area contributed by atoms with E-state index in [0.717, 1.165) is 13.2 Å². The molecule has 1 heterocycles. The smallest absolute Gasteiger partial charge is 0.106 e.